The molecule has 1 atom stereocenters. The first-order chi connectivity index (χ1) is 16.0. The van der Waals surface area contributed by atoms with Gasteiger partial charge in [0.1, 0.15) is 0 Å². The summed E-state index contributed by atoms with van der Waals surface area (Å²) in [6.07, 6.45) is 8.72. The van der Waals surface area contributed by atoms with Crippen LogP contribution < -0.4 is 0 Å². The zero-order chi connectivity index (χ0) is 22.9. The normalized spacial score (nSPS) is 24.3. The maximum Gasteiger partial charge on any atom is 0.233 e. The Kier molecular flexibility index (Phi) is 6.03. The van der Waals surface area contributed by atoms with Crippen molar-refractivity contribution in [3.05, 3.63) is 71.8 Å². The average molecular weight is 445 g/mol. The molecule has 174 valence electrons. The SMILES string of the molecule is CN1C(=O)C2(CCN(C(=O)C3(c4ccccc4)CCCCC3)CC2)CC1Cc1ccccc1. The second-order valence-corrected chi connectivity index (χ2v) is 10.5. The molecular formula is C29H36N2O2. The number of nitrogens with zero attached hydrogens (tertiary/aromatic N) is 2. The first-order valence-corrected chi connectivity index (χ1v) is 12.7. The van der Waals surface area contributed by atoms with Gasteiger partial charge >= 0.3 is 0 Å². The molecule has 2 aliphatic heterocycles. The van der Waals surface area contributed by atoms with E-state index in [4.69, 9.17) is 0 Å². The molecule has 4 nitrogen and oxygen atoms in total. The molecule has 0 aromatic heterocycles. The molecule has 2 aromatic carbocycles. The van der Waals surface area contributed by atoms with E-state index in [1.54, 1.807) is 0 Å². The number of benzene rings is 2. The van der Waals surface area contributed by atoms with Crippen LogP contribution >= 0.6 is 0 Å². The van der Waals surface area contributed by atoms with Gasteiger partial charge in [-0.1, -0.05) is 79.9 Å². The number of hydrogen-bond acceptors (Lipinski definition) is 2. The predicted molar refractivity (Wildman–Crippen MR) is 131 cm³/mol. The van der Waals surface area contributed by atoms with Crippen LogP contribution in [-0.2, 0) is 21.4 Å². The molecule has 1 aliphatic carbocycles. The minimum absolute atomic E-state index is 0.246. The summed E-state index contributed by atoms with van der Waals surface area (Å²) in [6, 6.07) is 21.1. The molecule has 1 unspecified atom stereocenters. The topological polar surface area (TPSA) is 40.6 Å². The molecule has 2 saturated heterocycles. The number of likely N-dealkylation sites (N-methyl/N-ethyl adjacent to an activating group) is 1. The van der Waals surface area contributed by atoms with Crippen molar-refractivity contribution in [2.24, 2.45) is 5.41 Å². The molecule has 1 saturated carbocycles. The van der Waals surface area contributed by atoms with Gasteiger partial charge in [0.2, 0.25) is 11.8 Å². The zero-order valence-corrected chi connectivity index (χ0v) is 19.8. The van der Waals surface area contributed by atoms with Crippen LogP contribution in [0.1, 0.15) is 62.5 Å². The first-order valence-electron chi connectivity index (χ1n) is 12.7. The van der Waals surface area contributed by atoms with Gasteiger partial charge in [-0.3, -0.25) is 9.59 Å². The van der Waals surface area contributed by atoms with Gasteiger partial charge in [0, 0.05) is 26.2 Å². The molecule has 2 aromatic rings. The zero-order valence-electron chi connectivity index (χ0n) is 19.8. The molecule has 1 spiro atoms. The summed E-state index contributed by atoms with van der Waals surface area (Å²) in [5.41, 5.74) is 1.79. The summed E-state index contributed by atoms with van der Waals surface area (Å²) in [4.78, 5) is 31.4. The molecule has 0 radical (unpaired) electrons. The highest BCUT2D eigenvalue weighted by Gasteiger charge is 2.53. The maximum absolute atomic E-state index is 14.0. The van der Waals surface area contributed by atoms with Gasteiger partial charge in [-0.25, -0.2) is 0 Å². The van der Waals surface area contributed by atoms with E-state index < -0.39 is 0 Å². The lowest BCUT2D eigenvalue weighted by Gasteiger charge is -2.44. The Bertz CT molecular complexity index is 973. The Morgan fingerprint density at radius 2 is 1.48 bits per heavy atom. The predicted octanol–water partition coefficient (Wildman–Crippen LogP) is 4.97. The van der Waals surface area contributed by atoms with Gasteiger partial charge < -0.3 is 9.80 Å². The van der Waals surface area contributed by atoms with Crippen molar-refractivity contribution in [1.29, 1.82) is 0 Å². The van der Waals surface area contributed by atoms with Gasteiger partial charge in [0.25, 0.3) is 0 Å². The molecule has 0 N–H and O–H groups in total. The Balaban J connectivity index is 1.30. The number of carbonyl (C=O) groups is 2. The number of carbonyl (C=O) groups excluding carboxylic acids is 2. The fourth-order valence-corrected chi connectivity index (χ4v) is 6.71. The maximum atomic E-state index is 14.0. The van der Waals surface area contributed by atoms with Gasteiger partial charge in [0.15, 0.2) is 0 Å². The molecule has 33 heavy (non-hydrogen) atoms. The number of hydrogen-bond donors (Lipinski definition) is 0. The van der Waals surface area contributed by atoms with Gasteiger partial charge in [-0.05, 0) is 49.7 Å². The lowest BCUT2D eigenvalue weighted by molar-refractivity contribution is -0.146. The smallest absolute Gasteiger partial charge is 0.233 e. The van der Waals surface area contributed by atoms with E-state index in [2.05, 4.69) is 53.4 Å². The Morgan fingerprint density at radius 1 is 0.879 bits per heavy atom. The summed E-state index contributed by atoms with van der Waals surface area (Å²) in [5.74, 6) is 0.578. The van der Waals surface area contributed by atoms with Crippen LogP contribution in [0.4, 0.5) is 0 Å². The van der Waals surface area contributed by atoms with Crippen molar-refractivity contribution in [3.8, 4) is 0 Å². The molecule has 5 rings (SSSR count). The quantitative estimate of drug-likeness (QED) is 0.668. The second-order valence-electron chi connectivity index (χ2n) is 10.5. The third-order valence-electron chi connectivity index (χ3n) is 8.71. The molecule has 2 amide bonds. The Morgan fingerprint density at radius 3 is 2.12 bits per heavy atom. The lowest BCUT2D eigenvalue weighted by atomic mass is 9.67. The summed E-state index contributed by atoms with van der Waals surface area (Å²) >= 11 is 0. The van der Waals surface area contributed by atoms with Crippen LogP contribution in [0.2, 0.25) is 0 Å². The highest BCUT2D eigenvalue weighted by molar-refractivity contribution is 5.89. The van der Waals surface area contributed by atoms with Crippen molar-refractivity contribution < 1.29 is 9.59 Å². The highest BCUT2D eigenvalue weighted by Crippen LogP contribution is 2.47. The highest BCUT2D eigenvalue weighted by atomic mass is 16.2. The van der Waals surface area contributed by atoms with Crippen molar-refractivity contribution in [3.63, 3.8) is 0 Å². The van der Waals surface area contributed by atoms with Crippen LogP contribution in [0.25, 0.3) is 0 Å². The van der Waals surface area contributed by atoms with E-state index in [0.29, 0.717) is 19.0 Å². The molecule has 3 fully saturated rings. The molecule has 2 heterocycles. The second kappa shape index (κ2) is 8.96. The summed E-state index contributed by atoms with van der Waals surface area (Å²) in [6.45, 7) is 1.40. The van der Waals surface area contributed by atoms with E-state index >= 15 is 0 Å². The van der Waals surface area contributed by atoms with Crippen molar-refractivity contribution >= 4 is 11.8 Å². The largest absolute Gasteiger partial charge is 0.342 e. The fraction of sp³-hybridized carbons (Fsp3) is 0.517. The Hall–Kier alpha value is -2.62. The summed E-state index contributed by atoms with van der Waals surface area (Å²) < 4.78 is 0. The third-order valence-corrected chi connectivity index (χ3v) is 8.71. The lowest BCUT2D eigenvalue weighted by Crippen LogP contribution is -2.53. The van der Waals surface area contributed by atoms with Gasteiger partial charge in [-0.15, -0.1) is 0 Å². The van der Waals surface area contributed by atoms with Crippen LogP contribution in [0.5, 0.6) is 0 Å². The van der Waals surface area contributed by atoms with Crippen LogP contribution in [0.15, 0.2) is 60.7 Å². The number of rotatable bonds is 4. The van der Waals surface area contributed by atoms with Crippen molar-refractivity contribution in [2.45, 2.75) is 69.2 Å². The van der Waals surface area contributed by atoms with E-state index in [1.165, 1.54) is 17.5 Å². The van der Waals surface area contributed by atoms with E-state index in [9.17, 15) is 9.59 Å². The van der Waals surface area contributed by atoms with Crippen molar-refractivity contribution in [1.82, 2.24) is 9.80 Å². The standard InChI is InChI=1S/C29H36N2O2/c1-30-25(21-23-11-5-2-6-12-23)22-28(26(30)32)17-19-31(20-18-28)27(33)29(15-9-4-10-16-29)24-13-7-3-8-14-24/h2-3,5-8,11-14,25H,4,9-10,15-22H2,1H3. The first kappa shape index (κ1) is 22.2. The molecule has 4 heteroatoms. The van der Waals surface area contributed by atoms with Crippen molar-refractivity contribution in [2.75, 3.05) is 20.1 Å². The minimum atomic E-state index is -0.379. The average Bonchev–Trinajstić information content (AvgIpc) is 3.10. The minimum Gasteiger partial charge on any atom is -0.342 e. The van der Waals surface area contributed by atoms with E-state index in [1.807, 2.05) is 24.1 Å². The van der Waals surface area contributed by atoms with E-state index in [0.717, 1.165) is 51.4 Å². The molecule has 3 aliphatic rings. The molecule has 0 bridgehead atoms. The van der Waals surface area contributed by atoms with Crippen LogP contribution in [-0.4, -0.2) is 47.8 Å². The monoisotopic (exact) mass is 444 g/mol. The fourth-order valence-electron chi connectivity index (χ4n) is 6.71. The third kappa shape index (κ3) is 3.98. The number of amides is 2. The number of piperidine rings is 1. The van der Waals surface area contributed by atoms with Gasteiger partial charge in [-0.2, -0.15) is 0 Å². The van der Waals surface area contributed by atoms with Crippen LogP contribution in [0.3, 0.4) is 0 Å². The van der Waals surface area contributed by atoms with Crippen LogP contribution in [0, 0.1) is 5.41 Å². The van der Waals surface area contributed by atoms with Gasteiger partial charge in [0.05, 0.1) is 10.8 Å². The molecular weight excluding hydrogens is 408 g/mol. The van der Waals surface area contributed by atoms with E-state index in [-0.39, 0.29) is 22.8 Å². The summed E-state index contributed by atoms with van der Waals surface area (Å²) in [5, 5.41) is 0. The Labute approximate surface area is 198 Å². The number of likely N-dealkylation sites (tertiary alicyclic amines) is 2. The summed E-state index contributed by atoms with van der Waals surface area (Å²) in [7, 11) is 1.97.